The number of nitrogens with one attached hydrogen (secondary N) is 1. The summed E-state index contributed by atoms with van der Waals surface area (Å²) in [6.45, 7) is 1.32. The van der Waals surface area contributed by atoms with Gasteiger partial charge in [-0.25, -0.2) is 0 Å². The lowest BCUT2D eigenvalue weighted by molar-refractivity contribution is -0.124. The number of rotatable bonds is 5. The Morgan fingerprint density at radius 2 is 1.84 bits per heavy atom. The number of hydrogen-bond donors (Lipinski definition) is 1. The molecule has 31 heavy (non-hydrogen) atoms. The molecule has 1 fully saturated rings. The zero-order valence-corrected chi connectivity index (χ0v) is 17.5. The molecule has 6 heteroatoms. The van der Waals surface area contributed by atoms with Gasteiger partial charge in [0.25, 0.3) is 5.91 Å². The van der Waals surface area contributed by atoms with Crippen LogP contribution in [0.4, 0.5) is 0 Å². The van der Waals surface area contributed by atoms with Crippen LogP contribution in [0.3, 0.4) is 0 Å². The summed E-state index contributed by atoms with van der Waals surface area (Å²) in [6.07, 6.45) is 3.77. The lowest BCUT2D eigenvalue weighted by atomic mass is 9.91. The standard InChI is InChI=1S/C25H25N3O3/c1-31-22-8-6-18(7-9-22)23-5-3-2-4-20(23)16-21-17-28(15-14-27-24(21)29)25(30)19-10-12-26-13-11-19/h2-13,21H,14-17H2,1H3,(H,27,29)/t21-/m1/s1. The van der Waals surface area contributed by atoms with Crippen molar-refractivity contribution in [3.63, 3.8) is 0 Å². The number of nitrogens with zero attached hydrogens (tertiary/aromatic N) is 2. The fourth-order valence-electron chi connectivity index (χ4n) is 3.93. The van der Waals surface area contributed by atoms with Crippen LogP contribution in [0.25, 0.3) is 11.1 Å². The van der Waals surface area contributed by atoms with Crippen LogP contribution in [0.1, 0.15) is 15.9 Å². The van der Waals surface area contributed by atoms with Gasteiger partial charge in [0, 0.05) is 37.6 Å². The van der Waals surface area contributed by atoms with Crippen molar-refractivity contribution in [1.82, 2.24) is 15.2 Å². The van der Waals surface area contributed by atoms with E-state index in [4.69, 9.17) is 4.74 Å². The molecule has 2 aromatic carbocycles. The van der Waals surface area contributed by atoms with Crippen LogP contribution in [-0.2, 0) is 11.2 Å². The molecule has 1 aliphatic rings. The minimum Gasteiger partial charge on any atom is -0.497 e. The summed E-state index contributed by atoms with van der Waals surface area (Å²) in [5, 5.41) is 2.96. The molecule has 1 aliphatic heterocycles. The van der Waals surface area contributed by atoms with E-state index in [1.807, 2.05) is 42.5 Å². The van der Waals surface area contributed by atoms with E-state index in [2.05, 4.69) is 16.4 Å². The van der Waals surface area contributed by atoms with Crippen LogP contribution < -0.4 is 10.1 Å². The first kappa shape index (κ1) is 20.6. The molecule has 0 spiro atoms. The molecule has 1 aromatic heterocycles. The molecular weight excluding hydrogens is 390 g/mol. The van der Waals surface area contributed by atoms with Gasteiger partial charge in [-0.2, -0.15) is 0 Å². The highest BCUT2D eigenvalue weighted by Gasteiger charge is 2.29. The van der Waals surface area contributed by atoms with Crippen LogP contribution in [0.15, 0.2) is 73.1 Å². The maximum absolute atomic E-state index is 13.0. The molecular formula is C25H25N3O3. The van der Waals surface area contributed by atoms with Crippen LogP contribution >= 0.6 is 0 Å². The molecule has 0 radical (unpaired) electrons. The summed E-state index contributed by atoms with van der Waals surface area (Å²) < 4.78 is 5.26. The summed E-state index contributed by atoms with van der Waals surface area (Å²) in [4.78, 5) is 31.5. The Balaban J connectivity index is 1.57. The number of pyridine rings is 1. The smallest absolute Gasteiger partial charge is 0.254 e. The van der Waals surface area contributed by atoms with Crippen LogP contribution in [0, 0.1) is 5.92 Å². The van der Waals surface area contributed by atoms with Gasteiger partial charge in [0.15, 0.2) is 0 Å². The number of benzene rings is 2. The number of carbonyl (C=O) groups excluding carboxylic acids is 2. The van der Waals surface area contributed by atoms with E-state index < -0.39 is 0 Å². The molecule has 3 aromatic rings. The third kappa shape index (κ3) is 4.74. The molecule has 1 atom stereocenters. The minimum atomic E-state index is -0.326. The van der Waals surface area contributed by atoms with Crippen molar-refractivity contribution in [1.29, 1.82) is 0 Å². The molecule has 0 bridgehead atoms. The molecule has 6 nitrogen and oxygen atoms in total. The molecule has 1 N–H and O–H groups in total. The third-order valence-corrected chi connectivity index (χ3v) is 5.59. The lowest BCUT2D eigenvalue weighted by Crippen LogP contribution is -2.37. The number of amides is 2. The summed E-state index contributed by atoms with van der Waals surface area (Å²) in [5.41, 5.74) is 3.80. The largest absolute Gasteiger partial charge is 0.497 e. The second-order valence-corrected chi connectivity index (χ2v) is 7.56. The molecule has 0 unspecified atom stereocenters. The van der Waals surface area contributed by atoms with Gasteiger partial charge in [0.05, 0.1) is 13.0 Å². The molecule has 0 aliphatic carbocycles. The first-order valence-corrected chi connectivity index (χ1v) is 10.3. The van der Waals surface area contributed by atoms with Gasteiger partial charge in [-0.15, -0.1) is 0 Å². The van der Waals surface area contributed by atoms with E-state index in [9.17, 15) is 9.59 Å². The van der Waals surface area contributed by atoms with Crippen molar-refractivity contribution in [3.05, 3.63) is 84.2 Å². The molecule has 1 saturated heterocycles. The van der Waals surface area contributed by atoms with Gasteiger partial charge in [0.1, 0.15) is 5.75 Å². The van der Waals surface area contributed by atoms with Gasteiger partial charge in [-0.3, -0.25) is 14.6 Å². The quantitative estimate of drug-likeness (QED) is 0.695. The fraction of sp³-hybridized carbons (Fsp3) is 0.240. The first-order valence-electron chi connectivity index (χ1n) is 10.3. The second-order valence-electron chi connectivity index (χ2n) is 7.56. The third-order valence-electron chi connectivity index (χ3n) is 5.59. The minimum absolute atomic E-state index is 0.0189. The van der Waals surface area contributed by atoms with Gasteiger partial charge < -0.3 is 15.0 Å². The Bertz CT molecular complexity index is 1050. The topological polar surface area (TPSA) is 71.5 Å². The summed E-state index contributed by atoms with van der Waals surface area (Å²) in [6, 6.07) is 19.4. The summed E-state index contributed by atoms with van der Waals surface area (Å²) in [5.74, 6) is 0.379. The van der Waals surface area contributed by atoms with Crippen LogP contribution in [0.5, 0.6) is 5.75 Å². The highest BCUT2D eigenvalue weighted by atomic mass is 16.5. The highest BCUT2D eigenvalue weighted by Crippen LogP contribution is 2.28. The zero-order valence-electron chi connectivity index (χ0n) is 17.5. The normalized spacial score (nSPS) is 16.4. The van der Waals surface area contributed by atoms with Crippen LogP contribution in [0.2, 0.25) is 0 Å². The SMILES string of the molecule is COc1ccc(-c2ccccc2C[C@@H]2CN(C(=O)c3ccncc3)CCNC2=O)cc1. The van der Waals surface area contributed by atoms with E-state index in [0.717, 1.165) is 22.4 Å². The predicted molar refractivity (Wildman–Crippen MR) is 119 cm³/mol. The van der Waals surface area contributed by atoms with Gasteiger partial charge in [-0.1, -0.05) is 36.4 Å². The van der Waals surface area contributed by atoms with Gasteiger partial charge in [-0.05, 0) is 47.4 Å². The predicted octanol–water partition coefficient (Wildman–Crippen LogP) is 3.19. The van der Waals surface area contributed by atoms with Gasteiger partial charge >= 0.3 is 0 Å². The monoisotopic (exact) mass is 415 g/mol. The molecule has 2 amide bonds. The van der Waals surface area contributed by atoms with Gasteiger partial charge in [0.2, 0.25) is 5.91 Å². The Labute approximate surface area is 181 Å². The van der Waals surface area contributed by atoms with Crippen molar-refractivity contribution in [3.8, 4) is 16.9 Å². The summed E-state index contributed by atoms with van der Waals surface area (Å²) >= 11 is 0. The highest BCUT2D eigenvalue weighted by molar-refractivity contribution is 5.94. The lowest BCUT2D eigenvalue weighted by Gasteiger charge is -2.24. The maximum atomic E-state index is 13.0. The van der Waals surface area contributed by atoms with E-state index in [1.165, 1.54) is 0 Å². The number of hydrogen-bond acceptors (Lipinski definition) is 4. The average Bonchev–Trinajstić information content (AvgIpc) is 3.01. The van der Waals surface area contributed by atoms with Crippen molar-refractivity contribution in [2.75, 3.05) is 26.7 Å². The van der Waals surface area contributed by atoms with E-state index in [1.54, 1.807) is 36.5 Å². The zero-order chi connectivity index (χ0) is 21.6. The average molecular weight is 415 g/mol. The van der Waals surface area contributed by atoms with E-state index in [-0.39, 0.29) is 17.7 Å². The van der Waals surface area contributed by atoms with Crippen molar-refractivity contribution >= 4 is 11.8 Å². The fourth-order valence-corrected chi connectivity index (χ4v) is 3.93. The first-order chi connectivity index (χ1) is 15.2. The summed E-state index contributed by atoms with van der Waals surface area (Å²) in [7, 11) is 1.65. The Morgan fingerprint density at radius 1 is 1.10 bits per heavy atom. The number of aromatic nitrogens is 1. The number of carbonyl (C=O) groups is 2. The van der Waals surface area contributed by atoms with Crippen molar-refractivity contribution in [2.24, 2.45) is 5.92 Å². The van der Waals surface area contributed by atoms with Crippen molar-refractivity contribution in [2.45, 2.75) is 6.42 Å². The van der Waals surface area contributed by atoms with Crippen LogP contribution in [-0.4, -0.2) is 48.4 Å². The number of ether oxygens (including phenoxy) is 1. The Morgan fingerprint density at radius 3 is 2.58 bits per heavy atom. The Hall–Kier alpha value is -3.67. The second kappa shape index (κ2) is 9.43. The van der Waals surface area contributed by atoms with E-state index >= 15 is 0 Å². The molecule has 4 rings (SSSR count). The molecule has 158 valence electrons. The Kier molecular flexibility index (Phi) is 6.26. The maximum Gasteiger partial charge on any atom is 0.254 e. The molecule has 0 saturated carbocycles. The molecule has 2 heterocycles. The number of methoxy groups -OCH3 is 1. The van der Waals surface area contributed by atoms with E-state index in [0.29, 0.717) is 31.6 Å². The van der Waals surface area contributed by atoms with Crippen molar-refractivity contribution < 1.29 is 14.3 Å².